The van der Waals surface area contributed by atoms with Gasteiger partial charge in [0, 0.05) is 10.0 Å². The van der Waals surface area contributed by atoms with Crippen LogP contribution >= 0.6 is 15.9 Å². The third kappa shape index (κ3) is 5.53. The summed E-state index contributed by atoms with van der Waals surface area (Å²) in [6, 6.07) is 3.04. The quantitative estimate of drug-likeness (QED) is 0.536. The third-order valence-corrected chi connectivity index (χ3v) is 3.78. The van der Waals surface area contributed by atoms with Crippen molar-refractivity contribution in [1.29, 1.82) is 0 Å². The van der Waals surface area contributed by atoms with E-state index in [9.17, 15) is 22.8 Å². The smallest absolute Gasteiger partial charge is 0.416 e. The minimum Gasteiger partial charge on any atom is -0.465 e. The van der Waals surface area contributed by atoms with Crippen molar-refractivity contribution in [2.24, 2.45) is 5.92 Å². The van der Waals surface area contributed by atoms with Crippen LogP contribution in [0.5, 0.6) is 0 Å². The van der Waals surface area contributed by atoms with E-state index in [-0.39, 0.29) is 25.2 Å². The van der Waals surface area contributed by atoms with E-state index >= 15 is 0 Å². The molecule has 1 unspecified atom stereocenters. The van der Waals surface area contributed by atoms with Crippen LogP contribution in [0.2, 0.25) is 0 Å². The molecule has 0 saturated carbocycles. The highest BCUT2D eigenvalue weighted by Gasteiger charge is 2.31. The van der Waals surface area contributed by atoms with Gasteiger partial charge < -0.3 is 9.47 Å². The molecule has 1 atom stereocenters. The Morgan fingerprint density at radius 1 is 1.17 bits per heavy atom. The van der Waals surface area contributed by atoms with E-state index in [0.717, 1.165) is 12.1 Å². The van der Waals surface area contributed by atoms with Crippen LogP contribution < -0.4 is 0 Å². The lowest BCUT2D eigenvalue weighted by Crippen LogP contribution is -2.27. The van der Waals surface area contributed by atoms with Gasteiger partial charge in [-0.05, 0) is 31.5 Å². The summed E-state index contributed by atoms with van der Waals surface area (Å²) in [6.07, 6.45) is -4.31. The van der Waals surface area contributed by atoms with E-state index in [1.165, 1.54) is 6.07 Å². The number of alkyl halides is 3. The minimum atomic E-state index is -4.49. The first kappa shape index (κ1) is 19.5. The van der Waals surface area contributed by atoms with E-state index in [1.807, 2.05) is 0 Å². The Hall–Kier alpha value is -1.57. The van der Waals surface area contributed by atoms with Crippen LogP contribution in [0.15, 0.2) is 22.7 Å². The largest absolute Gasteiger partial charge is 0.465 e. The molecule has 0 amide bonds. The summed E-state index contributed by atoms with van der Waals surface area (Å²) in [5.41, 5.74) is -0.684. The Bertz CT molecular complexity index is 572. The van der Waals surface area contributed by atoms with Crippen LogP contribution in [0.25, 0.3) is 0 Å². The molecule has 128 valence electrons. The fourth-order valence-electron chi connectivity index (χ4n) is 1.78. The van der Waals surface area contributed by atoms with Crippen molar-refractivity contribution >= 4 is 27.9 Å². The highest BCUT2D eigenvalue weighted by molar-refractivity contribution is 9.10. The average Bonchev–Trinajstić information content (AvgIpc) is 2.46. The molecule has 0 aliphatic heterocycles. The summed E-state index contributed by atoms with van der Waals surface area (Å²) in [6.45, 7) is 2.97. The second kappa shape index (κ2) is 8.33. The molecule has 0 aliphatic rings. The highest BCUT2D eigenvalue weighted by atomic mass is 79.9. The summed E-state index contributed by atoms with van der Waals surface area (Å²) < 4.78 is 48.2. The molecule has 1 aromatic rings. The predicted molar refractivity (Wildman–Crippen MR) is 79.4 cm³/mol. The molecular formula is C15H16BrF3O4. The number of carbonyl (C=O) groups excluding carboxylic acids is 2. The Morgan fingerprint density at radius 3 is 2.30 bits per heavy atom. The molecule has 0 heterocycles. The number of carbonyl (C=O) groups is 2. The maximum atomic E-state index is 12.7. The molecule has 0 N–H and O–H groups in total. The van der Waals surface area contributed by atoms with Crippen LogP contribution in [-0.2, 0) is 31.8 Å². The zero-order valence-corrected chi connectivity index (χ0v) is 14.2. The highest BCUT2D eigenvalue weighted by Crippen LogP contribution is 2.32. The molecule has 23 heavy (non-hydrogen) atoms. The van der Waals surface area contributed by atoms with Gasteiger partial charge in [-0.2, -0.15) is 13.2 Å². The van der Waals surface area contributed by atoms with Crippen molar-refractivity contribution in [2.75, 3.05) is 6.61 Å². The molecule has 0 saturated heterocycles. The van der Waals surface area contributed by atoms with Gasteiger partial charge in [-0.25, -0.2) is 0 Å². The molecular weight excluding hydrogens is 381 g/mol. The Labute approximate surface area is 140 Å². The van der Waals surface area contributed by atoms with Gasteiger partial charge >= 0.3 is 18.1 Å². The van der Waals surface area contributed by atoms with E-state index in [2.05, 4.69) is 15.9 Å². The Morgan fingerprint density at radius 2 is 1.78 bits per heavy atom. The SMILES string of the molecule is CCOC(=O)C(CC)C(=O)OCc1cc(C(F)(F)F)ccc1Br. The van der Waals surface area contributed by atoms with Crippen LogP contribution in [0.3, 0.4) is 0 Å². The zero-order valence-electron chi connectivity index (χ0n) is 12.6. The normalized spacial score (nSPS) is 12.6. The van der Waals surface area contributed by atoms with Crippen molar-refractivity contribution in [1.82, 2.24) is 0 Å². The van der Waals surface area contributed by atoms with Crippen molar-refractivity contribution in [3.05, 3.63) is 33.8 Å². The number of ether oxygens (including phenoxy) is 2. The fourth-order valence-corrected chi connectivity index (χ4v) is 2.14. The second-order valence-corrected chi connectivity index (χ2v) is 5.48. The van der Waals surface area contributed by atoms with Crippen LogP contribution in [-0.4, -0.2) is 18.5 Å². The van der Waals surface area contributed by atoms with Gasteiger partial charge in [0.05, 0.1) is 12.2 Å². The number of esters is 2. The number of benzene rings is 1. The number of hydrogen-bond donors (Lipinski definition) is 0. The maximum absolute atomic E-state index is 12.7. The lowest BCUT2D eigenvalue weighted by atomic mass is 10.1. The Kier molecular flexibility index (Phi) is 7.05. The predicted octanol–water partition coefficient (Wildman–Crippen LogP) is 4.10. The topological polar surface area (TPSA) is 52.6 Å². The maximum Gasteiger partial charge on any atom is 0.416 e. The third-order valence-electron chi connectivity index (χ3n) is 3.01. The van der Waals surface area contributed by atoms with Gasteiger partial charge in [0.2, 0.25) is 0 Å². The monoisotopic (exact) mass is 396 g/mol. The first-order valence-electron chi connectivity index (χ1n) is 6.89. The number of rotatable bonds is 6. The summed E-state index contributed by atoms with van der Waals surface area (Å²) in [5.74, 6) is -2.61. The van der Waals surface area contributed by atoms with Crippen molar-refractivity contribution in [3.63, 3.8) is 0 Å². The molecule has 0 spiro atoms. The molecule has 0 aliphatic carbocycles. The summed E-state index contributed by atoms with van der Waals surface area (Å²) in [4.78, 5) is 23.5. The fraction of sp³-hybridized carbons (Fsp3) is 0.467. The van der Waals surface area contributed by atoms with Gasteiger partial charge in [-0.15, -0.1) is 0 Å². The molecule has 4 nitrogen and oxygen atoms in total. The first-order valence-corrected chi connectivity index (χ1v) is 7.68. The van der Waals surface area contributed by atoms with Gasteiger partial charge in [0.1, 0.15) is 6.61 Å². The lowest BCUT2D eigenvalue weighted by Gasteiger charge is -2.14. The molecule has 8 heteroatoms. The summed E-state index contributed by atoms with van der Waals surface area (Å²) >= 11 is 3.10. The van der Waals surface area contributed by atoms with Crippen molar-refractivity contribution < 1.29 is 32.2 Å². The van der Waals surface area contributed by atoms with E-state index in [0.29, 0.717) is 4.47 Å². The number of hydrogen-bond acceptors (Lipinski definition) is 4. The van der Waals surface area contributed by atoms with E-state index in [4.69, 9.17) is 9.47 Å². The van der Waals surface area contributed by atoms with Gasteiger partial charge in [-0.1, -0.05) is 22.9 Å². The molecule has 0 bridgehead atoms. The second-order valence-electron chi connectivity index (χ2n) is 4.62. The van der Waals surface area contributed by atoms with Crippen LogP contribution in [0.4, 0.5) is 13.2 Å². The zero-order chi connectivity index (χ0) is 17.6. The van der Waals surface area contributed by atoms with E-state index < -0.39 is 29.6 Å². The van der Waals surface area contributed by atoms with Gasteiger partial charge in [0.25, 0.3) is 0 Å². The summed E-state index contributed by atoms with van der Waals surface area (Å²) in [5, 5.41) is 0. The van der Waals surface area contributed by atoms with Gasteiger partial charge in [-0.3, -0.25) is 9.59 Å². The number of halogens is 4. The first-order chi connectivity index (χ1) is 10.7. The van der Waals surface area contributed by atoms with E-state index in [1.54, 1.807) is 13.8 Å². The molecule has 1 rings (SSSR count). The van der Waals surface area contributed by atoms with Crippen molar-refractivity contribution in [3.8, 4) is 0 Å². The van der Waals surface area contributed by atoms with Crippen LogP contribution in [0, 0.1) is 5.92 Å². The lowest BCUT2D eigenvalue weighted by molar-refractivity contribution is -0.162. The van der Waals surface area contributed by atoms with Crippen LogP contribution in [0.1, 0.15) is 31.4 Å². The minimum absolute atomic E-state index is 0.127. The van der Waals surface area contributed by atoms with Gasteiger partial charge in [0.15, 0.2) is 5.92 Å². The van der Waals surface area contributed by atoms with Crippen molar-refractivity contribution in [2.45, 2.75) is 33.1 Å². The molecule has 0 fully saturated rings. The summed E-state index contributed by atoms with van der Waals surface area (Å²) in [7, 11) is 0. The standard InChI is InChI=1S/C15H16BrF3O4/c1-3-11(13(20)22-4-2)14(21)23-8-9-7-10(15(17,18)19)5-6-12(9)16/h5-7,11H,3-4,8H2,1-2H3. The Balaban J connectivity index is 2.81. The molecule has 0 radical (unpaired) electrons. The average molecular weight is 397 g/mol. The molecule has 0 aromatic heterocycles. The molecule has 1 aromatic carbocycles.